The van der Waals surface area contributed by atoms with E-state index in [0.29, 0.717) is 10.8 Å². The van der Waals surface area contributed by atoms with Gasteiger partial charge in [-0.2, -0.15) is 5.10 Å². The molecule has 2 aromatic heterocycles. The maximum Gasteiger partial charge on any atom is 0.278 e. The van der Waals surface area contributed by atoms with E-state index >= 15 is 0 Å². The number of carbonyl (C=O) groups is 1. The Hall–Kier alpha value is -2.25. The summed E-state index contributed by atoms with van der Waals surface area (Å²) >= 11 is 1.47. The molecule has 1 fully saturated rings. The van der Waals surface area contributed by atoms with E-state index < -0.39 is 0 Å². The first-order valence-corrected chi connectivity index (χ1v) is 9.89. The Bertz CT molecular complexity index is 931. The van der Waals surface area contributed by atoms with Crippen LogP contribution in [0.25, 0.3) is 10.9 Å². The lowest BCUT2D eigenvalue weighted by Gasteiger charge is -2.30. The van der Waals surface area contributed by atoms with Gasteiger partial charge in [-0.1, -0.05) is 18.6 Å². The van der Waals surface area contributed by atoms with E-state index in [-0.39, 0.29) is 5.91 Å². The van der Waals surface area contributed by atoms with Crippen molar-refractivity contribution in [1.29, 1.82) is 0 Å². The van der Waals surface area contributed by atoms with Gasteiger partial charge >= 0.3 is 0 Å². The number of fused-ring (bicyclic) bond motifs is 1. The molecular formula is C19H23N5OS. The second-order valence-electron chi connectivity index (χ2n) is 7.20. The van der Waals surface area contributed by atoms with Crippen LogP contribution in [-0.2, 0) is 6.54 Å². The van der Waals surface area contributed by atoms with E-state index in [1.165, 1.54) is 24.2 Å². The molecule has 1 aliphatic rings. The largest absolute Gasteiger partial charge is 0.297 e. The van der Waals surface area contributed by atoms with Gasteiger partial charge in [0.15, 0.2) is 10.8 Å². The summed E-state index contributed by atoms with van der Waals surface area (Å²) in [6.45, 7) is 7.40. The van der Waals surface area contributed by atoms with Gasteiger partial charge in [-0.25, -0.2) is 4.98 Å². The second-order valence-corrected chi connectivity index (χ2v) is 8.06. The standard InChI is InChI=1S/C19H23N5OS/c1-12-5-6-16-15(8-12)17(23-22-16)18(25)21-19-20-14(11-26-19)10-24-7-3-4-13(2)9-24/h5-6,8,11,13H,3-4,7,9-10H2,1-2H3,(H,22,23)(H,20,21,25). The summed E-state index contributed by atoms with van der Waals surface area (Å²) in [6, 6.07) is 5.91. The number of amides is 1. The highest BCUT2D eigenvalue weighted by molar-refractivity contribution is 7.14. The third kappa shape index (κ3) is 3.64. The topological polar surface area (TPSA) is 73.9 Å². The first kappa shape index (κ1) is 17.2. The number of benzene rings is 1. The lowest BCUT2D eigenvalue weighted by atomic mass is 10.0. The van der Waals surface area contributed by atoms with Crippen molar-refractivity contribution in [1.82, 2.24) is 20.1 Å². The zero-order valence-electron chi connectivity index (χ0n) is 15.1. The molecule has 136 valence electrons. The smallest absolute Gasteiger partial charge is 0.278 e. The summed E-state index contributed by atoms with van der Waals surface area (Å²) in [7, 11) is 0. The Morgan fingerprint density at radius 3 is 3.19 bits per heavy atom. The predicted octanol–water partition coefficient (Wildman–Crippen LogP) is 3.81. The number of piperidine rings is 1. The van der Waals surface area contributed by atoms with Crippen LogP contribution in [0.2, 0.25) is 0 Å². The molecule has 1 amide bonds. The van der Waals surface area contributed by atoms with Gasteiger partial charge in [-0.05, 0) is 44.4 Å². The molecular weight excluding hydrogens is 346 g/mol. The maximum absolute atomic E-state index is 12.6. The molecule has 0 bridgehead atoms. The van der Waals surface area contributed by atoms with Gasteiger partial charge < -0.3 is 0 Å². The van der Waals surface area contributed by atoms with Gasteiger partial charge in [-0.3, -0.25) is 20.1 Å². The second kappa shape index (κ2) is 7.17. The van der Waals surface area contributed by atoms with E-state index in [9.17, 15) is 4.79 Å². The Kier molecular flexibility index (Phi) is 4.74. The minimum absolute atomic E-state index is 0.227. The van der Waals surface area contributed by atoms with Gasteiger partial charge in [-0.15, -0.1) is 11.3 Å². The number of carbonyl (C=O) groups excluding carboxylic acids is 1. The van der Waals surface area contributed by atoms with Crippen LogP contribution in [0.3, 0.4) is 0 Å². The van der Waals surface area contributed by atoms with E-state index in [4.69, 9.17) is 0 Å². The number of hydrogen-bond donors (Lipinski definition) is 2. The molecule has 6 nitrogen and oxygen atoms in total. The number of nitrogens with zero attached hydrogens (tertiary/aromatic N) is 3. The summed E-state index contributed by atoms with van der Waals surface area (Å²) in [6.07, 6.45) is 2.56. The molecule has 0 spiro atoms. The fraction of sp³-hybridized carbons (Fsp3) is 0.421. The van der Waals surface area contributed by atoms with E-state index in [1.54, 1.807) is 0 Å². The number of aromatic nitrogens is 3. The number of hydrogen-bond acceptors (Lipinski definition) is 5. The van der Waals surface area contributed by atoms with Crippen LogP contribution in [0.5, 0.6) is 0 Å². The fourth-order valence-electron chi connectivity index (χ4n) is 3.55. The van der Waals surface area contributed by atoms with E-state index in [2.05, 4.69) is 32.3 Å². The third-order valence-electron chi connectivity index (χ3n) is 4.83. The number of likely N-dealkylation sites (tertiary alicyclic amines) is 1. The monoisotopic (exact) mass is 369 g/mol. The normalized spacial score (nSPS) is 18.3. The molecule has 3 heterocycles. The Labute approximate surface area is 156 Å². The highest BCUT2D eigenvalue weighted by atomic mass is 32.1. The summed E-state index contributed by atoms with van der Waals surface area (Å²) in [5, 5.41) is 13.5. The van der Waals surface area contributed by atoms with Crippen LogP contribution in [0.4, 0.5) is 5.13 Å². The number of H-pyrrole nitrogens is 1. The van der Waals surface area contributed by atoms with Crippen molar-refractivity contribution in [2.45, 2.75) is 33.2 Å². The number of anilines is 1. The number of rotatable bonds is 4. The molecule has 0 saturated carbocycles. The fourth-order valence-corrected chi connectivity index (χ4v) is 4.25. The van der Waals surface area contributed by atoms with Crippen molar-refractivity contribution >= 4 is 33.3 Å². The molecule has 7 heteroatoms. The Morgan fingerprint density at radius 2 is 2.35 bits per heavy atom. The number of aryl methyl sites for hydroxylation is 1. The van der Waals surface area contributed by atoms with Gasteiger partial charge in [0.1, 0.15) is 0 Å². The quantitative estimate of drug-likeness (QED) is 0.733. The van der Waals surface area contributed by atoms with Crippen molar-refractivity contribution in [3.8, 4) is 0 Å². The highest BCUT2D eigenvalue weighted by Gasteiger charge is 2.19. The Balaban J connectivity index is 1.44. The van der Waals surface area contributed by atoms with Crippen molar-refractivity contribution in [2.24, 2.45) is 5.92 Å². The lowest BCUT2D eigenvalue weighted by Crippen LogP contribution is -2.33. The molecule has 1 aromatic carbocycles. The molecule has 0 aliphatic carbocycles. The summed E-state index contributed by atoms with van der Waals surface area (Å²) in [4.78, 5) is 19.6. The average molecular weight is 369 g/mol. The molecule has 26 heavy (non-hydrogen) atoms. The molecule has 1 saturated heterocycles. The zero-order chi connectivity index (χ0) is 18.1. The molecule has 1 aliphatic heterocycles. The van der Waals surface area contributed by atoms with Crippen molar-refractivity contribution in [2.75, 3.05) is 18.4 Å². The zero-order valence-corrected chi connectivity index (χ0v) is 15.9. The molecule has 1 unspecified atom stereocenters. The molecule has 4 rings (SSSR count). The summed E-state index contributed by atoms with van der Waals surface area (Å²) in [5.41, 5.74) is 3.38. The van der Waals surface area contributed by atoms with Crippen LogP contribution < -0.4 is 5.32 Å². The predicted molar refractivity (Wildman–Crippen MR) is 105 cm³/mol. The van der Waals surface area contributed by atoms with Gasteiger partial charge in [0.25, 0.3) is 5.91 Å². The maximum atomic E-state index is 12.6. The van der Waals surface area contributed by atoms with E-state index in [1.807, 2.05) is 30.5 Å². The van der Waals surface area contributed by atoms with Gasteiger partial charge in [0, 0.05) is 23.9 Å². The molecule has 1 atom stereocenters. The molecule has 3 aromatic rings. The van der Waals surface area contributed by atoms with E-state index in [0.717, 1.165) is 47.7 Å². The third-order valence-corrected chi connectivity index (χ3v) is 5.64. The number of nitrogens with one attached hydrogen (secondary N) is 2. The van der Waals surface area contributed by atoms with Crippen molar-refractivity contribution < 1.29 is 4.79 Å². The molecule has 2 N–H and O–H groups in total. The SMILES string of the molecule is Cc1ccc2[nH]nc(C(=O)Nc3nc(CN4CCCC(C)C4)cs3)c2c1. The van der Waals surface area contributed by atoms with Crippen LogP contribution in [0, 0.1) is 12.8 Å². The minimum Gasteiger partial charge on any atom is -0.297 e. The summed E-state index contributed by atoms with van der Waals surface area (Å²) in [5.74, 6) is 0.521. The number of aromatic amines is 1. The average Bonchev–Trinajstić information content (AvgIpc) is 3.21. The van der Waals surface area contributed by atoms with Crippen LogP contribution >= 0.6 is 11.3 Å². The van der Waals surface area contributed by atoms with Crippen LogP contribution in [0.15, 0.2) is 23.6 Å². The van der Waals surface area contributed by atoms with Gasteiger partial charge in [0.05, 0.1) is 11.2 Å². The first-order valence-electron chi connectivity index (χ1n) is 9.01. The Morgan fingerprint density at radius 1 is 1.46 bits per heavy atom. The van der Waals surface area contributed by atoms with Crippen LogP contribution in [0.1, 0.15) is 41.5 Å². The first-order chi connectivity index (χ1) is 12.6. The summed E-state index contributed by atoms with van der Waals surface area (Å²) < 4.78 is 0. The van der Waals surface area contributed by atoms with Crippen molar-refractivity contribution in [3.63, 3.8) is 0 Å². The molecule has 0 radical (unpaired) electrons. The number of thiazole rings is 1. The lowest BCUT2D eigenvalue weighted by molar-refractivity contribution is 0.102. The van der Waals surface area contributed by atoms with Crippen LogP contribution in [-0.4, -0.2) is 39.1 Å². The van der Waals surface area contributed by atoms with Crippen molar-refractivity contribution in [3.05, 3.63) is 40.5 Å². The minimum atomic E-state index is -0.227. The highest BCUT2D eigenvalue weighted by Crippen LogP contribution is 2.23. The van der Waals surface area contributed by atoms with Gasteiger partial charge in [0.2, 0.25) is 0 Å².